The molecule has 0 aliphatic heterocycles. The summed E-state index contributed by atoms with van der Waals surface area (Å²) in [5.74, 6) is 0. The molecule has 0 saturated carbocycles. The van der Waals surface area contributed by atoms with Crippen molar-refractivity contribution in [2.24, 2.45) is 0 Å². The first kappa shape index (κ1) is 14.2. The molecule has 0 spiro atoms. The Kier molecular flexibility index (Phi) is 7.39. The fourth-order valence-corrected chi connectivity index (χ4v) is 3.51. The minimum atomic E-state index is 0.581. The number of rotatable bonds is 8. The summed E-state index contributed by atoms with van der Waals surface area (Å²) in [6, 6.07) is 4.48. The van der Waals surface area contributed by atoms with Crippen LogP contribution in [0, 0.1) is 6.92 Å². The number of thiophene rings is 1. The van der Waals surface area contributed by atoms with Crippen LogP contribution < -0.4 is 0 Å². The topological polar surface area (TPSA) is 0 Å². The first-order valence-corrected chi connectivity index (χ1v) is 8.17. The van der Waals surface area contributed by atoms with Gasteiger partial charge in [0.15, 0.2) is 0 Å². The van der Waals surface area contributed by atoms with Crippen molar-refractivity contribution in [1.82, 2.24) is 0 Å². The second-order valence-electron chi connectivity index (χ2n) is 4.47. The summed E-state index contributed by atoms with van der Waals surface area (Å²) in [5, 5.41) is 0. The van der Waals surface area contributed by atoms with E-state index < -0.39 is 0 Å². The number of alkyl halides is 1. The molecule has 2 heteroatoms. The molecule has 1 aromatic rings. The van der Waals surface area contributed by atoms with Gasteiger partial charge in [-0.05, 0) is 25.5 Å². The maximum Gasteiger partial charge on any atom is 0.0489 e. The van der Waals surface area contributed by atoms with Crippen molar-refractivity contribution in [3.8, 4) is 0 Å². The zero-order valence-corrected chi connectivity index (χ0v) is 12.9. The van der Waals surface area contributed by atoms with E-state index in [1.807, 2.05) is 11.3 Å². The molecule has 1 rings (SSSR count). The Bertz CT molecular complexity index is 280. The largest absolute Gasteiger partial charge is 0.145 e. The Hall–Kier alpha value is 0.180. The molecule has 0 radical (unpaired) electrons. The lowest BCUT2D eigenvalue weighted by molar-refractivity contribution is 0.589. The molecule has 16 heavy (non-hydrogen) atoms. The molecule has 1 unspecified atom stereocenters. The summed E-state index contributed by atoms with van der Waals surface area (Å²) in [5.41, 5.74) is 0. The predicted octanol–water partition coefficient (Wildman–Crippen LogP) is 6.24. The lowest BCUT2D eigenvalue weighted by Gasteiger charge is -2.07. The van der Waals surface area contributed by atoms with Crippen molar-refractivity contribution in [3.63, 3.8) is 0 Å². The molecule has 0 aromatic carbocycles. The van der Waals surface area contributed by atoms with Gasteiger partial charge in [0.05, 0.1) is 0 Å². The van der Waals surface area contributed by atoms with Crippen LogP contribution in [0.3, 0.4) is 0 Å². The zero-order valence-electron chi connectivity index (χ0n) is 10.5. The standard InChI is InChI=1S/C14H23BrS/c1-3-4-5-6-7-8-9-13(15)14-11-10-12(2)16-14/h10-11,13H,3-9H2,1-2H3. The Morgan fingerprint density at radius 1 is 1.12 bits per heavy atom. The van der Waals surface area contributed by atoms with Gasteiger partial charge >= 0.3 is 0 Å². The molecule has 1 atom stereocenters. The van der Waals surface area contributed by atoms with Crippen molar-refractivity contribution in [3.05, 3.63) is 21.9 Å². The van der Waals surface area contributed by atoms with Gasteiger partial charge in [0, 0.05) is 14.6 Å². The normalized spacial score (nSPS) is 12.9. The van der Waals surface area contributed by atoms with Gasteiger partial charge in [-0.3, -0.25) is 0 Å². The molecule has 0 fully saturated rings. The molecular weight excluding hydrogens is 280 g/mol. The number of unbranched alkanes of at least 4 members (excludes halogenated alkanes) is 5. The van der Waals surface area contributed by atoms with E-state index in [1.165, 1.54) is 54.7 Å². The zero-order chi connectivity index (χ0) is 11.8. The van der Waals surface area contributed by atoms with Crippen LogP contribution in [-0.4, -0.2) is 0 Å². The molecule has 0 bridgehead atoms. The molecule has 0 nitrogen and oxygen atoms in total. The molecule has 1 heterocycles. The van der Waals surface area contributed by atoms with Crippen LogP contribution in [0.15, 0.2) is 12.1 Å². The van der Waals surface area contributed by atoms with Gasteiger partial charge in [-0.25, -0.2) is 0 Å². The molecule has 92 valence electrons. The molecule has 0 aliphatic rings. The molecular formula is C14H23BrS. The molecule has 1 aromatic heterocycles. The van der Waals surface area contributed by atoms with Crippen LogP contribution in [-0.2, 0) is 0 Å². The summed E-state index contributed by atoms with van der Waals surface area (Å²) in [7, 11) is 0. The maximum atomic E-state index is 3.79. The maximum absolute atomic E-state index is 3.79. The van der Waals surface area contributed by atoms with Gasteiger partial charge in [0.1, 0.15) is 0 Å². The first-order chi connectivity index (χ1) is 7.74. The van der Waals surface area contributed by atoms with E-state index in [4.69, 9.17) is 0 Å². The van der Waals surface area contributed by atoms with Crippen LogP contribution in [0.25, 0.3) is 0 Å². The van der Waals surface area contributed by atoms with Crippen LogP contribution in [0.1, 0.15) is 66.5 Å². The second-order valence-corrected chi connectivity index (χ2v) is 6.90. The minimum Gasteiger partial charge on any atom is -0.145 e. The van der Waals surface area contributed by atoms with Gasteiger partial charge in [0.2, 0.25) is 0 Å². The number of aryl methyl sites for hydroxylation is 1. The van der Waals surface area contributed by atoms with Crippen molar-refractivity contribution in [1.29, 1.82) is 0 Å². The van der Waals surface area contributed by atoms with Crippen LogP contribution in [0.5, 0.6) is 0 Å². The summed E-state index contributed by atoms with van der Waals surface area (Å²) < 4.78 is 0. The van der Waals surface area contributed by atoms with Crippen molar-refractivity contribution < 1.29 is 0 Å². The molecule has 0 amide bonds. The quantitative estimate of drug-likeness (QED) is 0.393. The van der Waals surface area contributed by atoms with Crippen LogP contribution >= 0.6 is 27.3 Å². The molecule has 0 N–H and O–H groups in total. The van der Waals surface area contributed by atoms with Gasteiger partial charge in [-0.2, -0.15) is 0 Å². The van der Waals surface area contributed by atoms with E-state index in [1.54, 1.807) is 0 Å². The van der Waals surface area contributed by atoms with E-state index in [-0.39, 0.29) is 0 Å². The third kappa shape index (κ3) is 5.49. The SMILES string of the molecule is CCCCCCCCC(Br)c1ccc(C)s1. The smallest absolute Gasteiger partial charge is 0.0489 e. The average molecular weight is 303 g/mol. The Labute approximate surface area is 113 Å². The number of hydrogen-bond donors (Lipinski definition) is 0. The summed E-state index contributed by atoms with van der Waals surface area (Å²) in [4.78, 5) is 3.49. The fraction of sp³-hybridized carbons (Fsp3) is 0.714. The summed E-state index contributed by atoms with van der Waals surface area (Å²) in [6.45, 7) is 4.45. The monoisotopic (exact) mass is 302 g/mol. The van der Waals surface area contributed by atoms with Crippen molar-refractivity contribution >= 4 is 27.3 Å². The van der Waals surface area contributed by atoms with Gasteiger partial charge < -0.3 is 0 Å². The van der Waals surface area contributed by atoms with E-state index in [2.05, 4.69) is 41.9 Å². The molecule has 0 saturated heterocycles. The second kappa shape index (κ2) is 8.30. The third-order valence-electron chi connectivity index (χ3n) is 2.88. The lowest BCUT2D eigenvalue weighted by Crippen LogP contribution is -1.87. The van der Waals surface area contributed by atoms with Gasteiger partial charge in [-0.1, -0.05) is 61.4 Å². The Morgan fingerprint density at radius 2 is 1.81 bits per heavy atom. The highest BCUT2D eigenvalue weighted by Gasteiger charge is 2.08. The van der Waals surface area contributed by atoms with E-state index in [9.17, 15) is 0 Å². The highest BCUT2D eigenvalue weighted by Crippen LogP contribution is 2.33. The van der Waals surface area contributed by atoms with Gasteiger partial charge in [-0.15, -0.1) is 11.3 Å². The van der Waals surface area contributed by atoms with E-state index in [0.29, 0.717) is 4.83 Å². The van der Waals surface area contributed by atoms with Crippen LogP contribution in [0.4, 0.5) is 0 Å². The highest BCUT2D eigenvalue weighted by molar-refractivity contribution is 9.09. The minimum absolute atomic E-state index is 0.581. The predicted molar refractivity (Wildman–Crippen MR) is 78.7 cm³/mol. The Morgan fingerprint density at radius 3 is 2.44 bits per heavy atom. The summed E-state index contributed by atoms with van der Waals surface area (Å²) in [6.07, 6.45) is 9.62. The third-order valence-corrected chi connectivity index (χ3v) is 5.25. The van der Waals surface area contributed by atoms with E-state index >= 15 is 0 Å². The lowest BCUT2D eigenvalue weighted by atomic mass is 10.1. The number of halogens is 1. The number of hydrogen-bond acceptors (Lipinski definition) is 1. The average Bonchev–Trinajstić information content (AvgIpc) is 2.70. The van der Waals surface area contributed by atoms with Crippen molar-refractivity contribution in [2.75, 3.05) is 0 Å². The van der Waals surface area contributed by atoms with Crippen LogP contribution in [0.2, 0.25) is 0 Å². The van der Waals surface area contributed by atoms with Crippen molar-refractivity contribution in [2.45, 2.75) is 63.6 Å². The molecule has 0 aliphatic carbocycles. The Balaban J connectivity index is 2.09. The first-order valence-electron chi connectivity index (χ1n) is 6.44. The fourth-order valence-electron chi connectivity index (χ4n) is 1.87. The highest BCUT2D eigenvalue weighted by atomic mass is 79.9. The van der Waals surface area contributed by atoms with Gasteiger partial charge in [0.25, 0.3) is 0 Å². The summed E-state index contributed by atoms with van der Waals surface area (Å²) >= 11 is 5.71. The van der Waals surface area contributed by atoms with E-state index in [0.717, 1.165) is 0 Å².